The van der Waals surface area contributed by atoms with Crippen LogP contribution in [0.2, 0.25) is 0 Å². The molecule has 6 heteroatoms. The minimum atomic E-state index is 0.390. The molecule has 0 saturated carbocycles. The van der Waals surface area contributed by atoms with Gasteiger partial charge in [-0.25, -0.2) is 4.68 Å². The van der Waals surface area contributed by atoms with E-state index in [0.29, 0.717) is 5.88 Å². The molecule has 0 radical (unpaired) electrons. The summed E-state index contributed by atoms with van der Waals surface area (Å²) in [7, 11) is 1.87. The summed E-state index contributed by atoms with van der Waals surface area (Å²) in [6.07, 6.45) is 3.54. The molecule has 0 aliphatic rings. The Morgan fingerprint density at radius 2 is 2.29 bits per heavy atom. The third kappa shape index (κ3) is 1.39. The second kappa shape index (κ2) is 3.42. The Kier molecular flexibility index (Phi) is 2.25. The van der Waals surface area contributed by atoms with Crippen molar-refractivity contribution in [1.29, 1.82) is 0 Å². The van der Waals surface area contributed by atoms with Crippen molar-refractivity contribution in [2.75, 3.05) is 0 Å². The van der Waals surface area contributed by atoms with Crippen LogP contribution in [-0.4, -0.2) is 24.8 Å². The van der Waals surface area contributed by atoms with Crippen LogP contribution in [-0.2, 0) is 12.9 Å². The molecule has 0 aromatic carbocycles. The van der Waals surface area contributed by atoms with Crippen molar-refractivity contribution < 1.29 is 0 Å². The lowest BCUT2D eigenvalue weighted by Crippen LogP contribution is -2.01. The maximum Gasteiger partial charge on any atom is 0.108 e. The number of hydrogen-bond donors (Lipinski definition) is 0. The Morgan fingerprint density at radius 3 is 2.86 bits per heavy atom. The first-order valence-electron chi connectivity index (χ1n) is 4.18. The molecule has 0 bridgehead atoms. The topological polar surface area (TPSA) is 48.5 Å². The molecule has 0 aliphatic heterocycles. The van der Waals surface area contributed by atoms with Gasteiger partial charge in [-0.05, 0) is 6.92 Å². The van der Waals surface area contributed by atoms with E-state index in [-0.39, 0.29) is 0 Å². The second-order valence-corrected chi connectivity index (χ2v) is 3.31. The SMILES string of the molecule is Cc1nn(C)cc1-n1nncc1CCl. The van der Waals surface area contributed by atoms with Gasteiger partial charge in [0.05, 0.1) is 29.7 Å². The Morgan fingerprint density at radius 1 is 1.50 bits per heavy atom. The first kappa shape index (κ1) is 9.21. The van der Waals surface area contributed by atoms with Gasteiger partial charge in [-0.3, -0.25) is 4.68 Å². The van der Waals surface area contributed by atoms with Crippen molar-refractivity contribution >= 4 is 11.6 Å². The van der Waals surface area contributed by atoms with Crippen molar-refractivity contribution in [3.8, 4) is 5.69 Å². The summed E-state index contributed by atoms with van der Waals surface area (Å²) in [5.74, 6) is 0.390. The summed E-state index contributed by atoms with van der Waals surface area (Å²) in [4.78, 5) is 0. The molecule has 0 fully saturated rings. The van der Waals surface area contributed by atoms with Crippen LogP contribution in [0.3, 0.4) is 0 Å². The normalized spacial score (nSPS) is 10.8. The Bertz CT molecular complexity index is 444. The van der Waals surface area contributed by atoms with Crippen molar-refractivity contribution in [3.63, 3.8) is 0 Å². The summed E-state index contributed by atoms with van der Waals surface area (Å²) in [6, 6.07) is 0. The molecule has 0 aliphatic carbocycles. The molecular formula is C8H10ClN5. The number of halogens is 1. The Labute approximate surface area is 86.3 Å². The molecule has 2 aromatic heterocycles. The van der Waals surface area contributed by atoms with E-state index in [1.54, 1.807) is 15.6 Å². The predicted octanol–water partition coefficient (Wildman–Crippen LogP) is 1.05. The van der Waals surface area contributed by atoms with Crippen LogP contribution in [0.1, 0.15) is 11.4 Å². The van der Waals surface area contributed by atoms with Crippen molar-refractivity contribution in [1.82, 2.24) is 24.8 Å². The molecule has 2 heterocycles. The van der Waals surface area contributed by atoms with E-state index < -0.39 is 0 Å². The average molecular weight is 212 g/mol. The van der Waals surface area contributed by atoms with Gasteiger partial charge in [0.15, 0.2) is 0 Å². The smallest absolute Gasteiger partial charge is 0.108 e. The predicted molar refractivity (Wildman–Crippen MR) is 52.4 cm³/mol. The fourth-order valence-electron chi connectivity index (χ4n) is 1.35. The van der Waals surface area contributed by atoms with Crippen LogP contribution in [0.5, 0.6) is 0 Å². The number of aromatic nitrogens is 5. The molecule has 5 nitrogen and oxygen atoms in total. The van der Waals surface area contributed by atoms with Gasteiger partial charge in [-0.2, -0.15) is 5.10 Å². The highest BCUT2D eigenvalue weighted by molar-refractivity contribution is 6.16. The van der Waals surface area contributed by atoms with E-state index in [9.17, 15) is 0 Å². The Hall–Kier alpha value is -1.36. The zero-order valence-electron chi connectivity index (χ0n) is 7.98. The van der Waals surface area contributed by atoms with Crippen molar-refractivity contribution in [2.45, 2.75) is 12.8 Å². The number of aryl methyl sites for hydroxylation is 2. The van der Waals surface area contributed by atoms with Gasteiger partial charge in [0.25, 0.3) is 0 Å². The van der Waals surface area contributed by atoms with Crippen LogP contribution in [0, 0.1) is 6.92 Å². The molecule has 0 unspecified atom stereocenters. The molecule has 2 aromatic rings. The summed E-state index contributed by atoms with van der Waals surface area (Å²) in [6.45, 7) is 1.93. The first-order valence-corrected chi connectivity index (χ1v) is 4.72. The largest absolute Gasteiger partial charge is 0.273 e. The third-order valence-corrected chi connectivity index (χ3v) is 2.25. The van der Waals surface area contributed by atoms with Gasteiger partial charge in [0.1, 0.15) is 5.69 Å². The standard InChI is InChI=1S/C8H10ClN5/c1-6-8(5-13(2)11-6)14-7(3-9)4-10-12-14/h4-5H,3H2,1-2H3. The molecule has 0 amide bonds. The van der Waals surface area contributed by atoms with Crippen molar-refractivity contribution in [2.24, 2.45) is 7.05 Å². The second-order valence-electron chi connectivity index (χ2n) is 3.04. The molecule has 74 valence electrons. The quantitative estimate of drug-likeness (QED) is 0.698. The molecule has 0 N–H and O–H groups in total. The minimum absolute atomic E-state index is 0.390. The fourth-order valence-corrected chi connectivity index (χ4v) is 1.53. The van der Waals surface area contributed by atoms with E-state index in [0.717, 1.165) is 17.1 Å². The molecular weight excluding hydrogens is 202 g/mol. The summed E-state index contributed by atoms with van der Waals surface area (Å²) in [5.41, 5.74) is 2.69. The van der Waals surface area contributed by atoms with E-state index in [1.807, 2.05) is 20.2 Å². The van der Waals surface area contributed by atoms with Crippen LogP contribution in [0.15, 0.2) is 12.4 Å². The summed E-state index contributed by atoms with van der Waals surface area (Å²) >= 11 is 5.75. The highest BCUT2D eigenvalue weighted by Gasteiger charge is 2.10. The van der Waals surface area contributed by atoms with E-state index in [2.05, 4.69) is 15.4 Å². The lowest BCUT2D eigenvalue weighted by Gasteiger charge is -2.00. The molecule has 0 atom stereocenters. The van der Waals surface area contributed by atoms with E-state index in [1.165, 1.54) is 0 Å². The fraction of sp³-hybridized carbons (Fsp3) is 0.375. The summed E-state index contributed by atoms with van der Waals surface area (Å²) in [5, 5.41) is 12.0. The zero-order chi connectivity index (χ0) is 10.1. The van der Waals surface area contributed by atoms with Gasteiger partial charge in [-0.15, -0.1) is 16.7 Å². The summed E-state index contributed by atoms with van der Waals surface area (Å²) < 4.78 is 3.44. The minimum Gasteiger partial charge on any atom is -0.273 e. The Balaban J connectivity index is 2.53. The van der Waals surface area contributed by atoms with E-state index >= 15 is 0 Å². The molecule has 2 rings (SSSR count). The van der Waals surface area contributed by atoms with Crippen LogP contribution in [0.25, 0.3) is 5.69 Å². The number of hydrogen-bond acceptors (Lipinski definition) is 3. The highest BCUT2D eigenvalue weighted by atomic mass is 35.5. The van der Waals surface area contributed by atoms with Gasteiger partial charge in [-0.1, -0.05) is 5.21 Å². The lowest BCUT2D eigenvalue weighted by molar-refractivity contribution is 0.755. The lowest BCUT2D eigenvalue weighted by atomic mass is 10.4. The maximum atomic E-state index is 5.75. The van der Waals surface area contributed by atoms with Crippen LogP contribution >= 0.6 is 11.6 Å². The molecule has 0 spiro atoms. The van der Waals surface area contributed by atoms with Gasteiger partial charge >= 0.3 is 0 Å². The maximum absolute atomic E-state index is 5.75. The first-order chi connectivity index (χ1) is 6.72. The average Bonchev–Trinajstić information content (AvgIpc) is 2.71. The van der Waals surface area contributed by atoms with Crippen LogP contribution < -0.4 is 0 Å². The van der Waals surface area contributed by atoms with Gasteiger partial charge in [0, 0.05) is 7.05 Å². The molecule has 14 heavy (non-hydrogen) atoms. The highest BCUT2D eigenvalue weighted by Crippen LogP contribution is 2.13. The zero-order valence-corrected chi connectivity index (χ0v) is 8.73. The number of nitrogens with zero attached hydrogens (tertiary/aromatic N) is 5. The number of rotatable bonds is 2. The third-order valence-electron chi connectivity index (χ3n) is 1.97. The van der Waals surface area contributed by atoms with E-state index in [4.69, 9.17) is 11.6 Å². The number of alkyl halides is 1. The van der Waals surface area contributed by atoms with Crippen molar-refractivity contribution in [3.05, 3.63) is 23.8 Å². The molecule has 0 saturated heterocycles. The van der Waals surface area contributed by atoms with Gasteiger partial charge in [0.2, 0.25) is 0 Å². The monoisotopic (exact) mass is 211 g/mol. The van der Waals surface area contributed by atoms with Gasteiger partial charge < -0.3 is 0 Å². The van der Waals surface area contributed by atoms with Crippen LogP contribution in [0.4, 0.5) is 0 Å².